The van der Waals surface area contributed by atoms with Crippen LogP contribution in [0.1, 0.15) is 35.3 Å². The molecule has 6 nitrogen and oxygen atoms in total. The molecule has 1 aliphatic heterocycles. The number of benzene rings is 1. The SMILES string of the molecule is CCOc1cc2c(cc1/C=N\NC(=O)c1ccncc1)O[C@@H](C)C2. The number of hydrogen-bond donors (Lipinski definition) is 1. The molecule has 2 aromatic rings. The van der Waals surface area contributed by atoms with Crippen LogP contribution >= 0.6 is 0 Å². The van der Waals surface area contributed by atoms with E-state index in [1.165, 1.54) is 0 Å². The average Bonchev–Trinajstić information content (AvgIpc) is 2.95. The summed E-state index contributed by atoms with van der Waals surface area (Å²) in [4.78, 5) is 15.8. The van der Waals surface area contributed by atoms with Crippen molar-refractivity contribution in [3.8, 4) is 11.5 Å². The highest BCUT2D eigenvalue weighted by Gasteiger charge is 2.21. The quantitative estimate of drug-likeness (QED) is 0.677. The van der Waals surface area contributed by atoms with Gasteiger partial charge in [-0.15, -0.1) is 0 Å². The van der Waals surface area contributed by atoms with Gasteiger partial charge in [-0.3, -0.25) is 9.78 Å². The molecule has 1 aromatic heterocycles. The van der Waals surface area contributed by atoms with Crippen molar-refractivity contribution in [2.75, 3.05) is 6.61 Å². The zero-order valence-electron chi connectivity index (χ0n) is 13.7. The number of carbonyl (C=O) groups excluding carboxylic acids is 1. The fourth-order valence-corrected chi connectivity index (χ4v) is 2.56. The predicted octanol–water partition coefficient (Wildman–Crippen LogP) is 2.57. The van der Waals surface area contributed by atoms with Gasteiger partial charge in [0.1, 0.15) is 17.6 Å². The molecule has 0 saturated heterocycles. The van der Waals surface area contributed by atoms with Crippen LogP contribution in [-0.2, 0) is 6.42 Å². The Bertz CT molecular complexity index is 760. The van der Waals surface area contributed by atoms with E-state index in [4.69, 9.17) is 9.47 Å². The molecule has 0 fully saturated rings. The summed E-state index contributed by atoms with van der Waals surface area (Å²) in [7, 11) is 0. The highest BCUT2D eigenvalue weighted by molar-refractivity contribution is 5.95. The fourth-order valence-electron chi connectivity index (χ4n) is 2.56. The summed E-state index contributed by atoms with van der Waals surface area (Å²) in [6.07, 6.45) is 5.71. The Hall–Kier alpha value is -2.89. The number of carbonyl (C=O) groups is 1. The number of fused-ring (bicyclic) bond motifs is 1. The molecule has 0 saturated carbocycles. The Kier molecular flexibility index (Phi) is 4.74. The number of hydrogen-bond acceptors (Lipinski definition) is 5. The van der Waals surface area contributed by atoms with E-state index < -0.39 is 0 Å². The molecule has 1 amide bonds. The molecular weight excluding hydrogens is 306 g/mol. The van der Waals surface area contributed by atoms with Crippen molar-refractivity contribution >= 4 is 12.1 Å². The van der Waals surface area contributed by atoms with Crippen molar-refractivity contribution in [3.05, 3.63) is 53.3 Å². The molecule has 0 unspecified atom stereocenters. The van der Waals surface area contributed by atoms with Gasteiger partial charge in [0.25, 0.3) is 5.91 Å². The van der Waals surface area contributed by atoms with E-state index in [9.17, 15) is 4.79 Å². The highest BCUT2D eigenvalue weighted by Crippen LogP contribution is 2.34. The van der Waals surface area contributed by atoms with E-state index in [1.54, 1.807) is 30.7 Å². The molecule has 1 aromatic carbocycles. The van der Waals surface area contributed by atoms with Crippen LogP contribution < -0.4 is 14.9 Å². The van der Waals surface area contributed by atoms with Crippen molar-refractivity contribution in [3.63, 3.8) is 0 Å². The number of rotatable bonds is 5. The van der Waals surface area contributed by atoms with Crippen LogP contribution in [0.25, 0.3) is 0 Å². The second-order valence-corrected chi connectivity index (χ2v) is 5.50. The molecule has 2 heterocycles. The van der Waals surface area contributed by atoms with E-state index in [1.807, 2.05) is 26.0 Å². The van der Waals surface area contributed by atoms with Crippen LogP contribution in [0.15, 0.2) is 41.8 Å². The monoisotopic (exact) mass is 325 g/mol. The molecule has 0 spiro atoms. The fraction of sp³-hybridized carbons (Fsp3) is 0.278. The largest absolute Gasteiger partial charge is 0.493 e. The topological polar surface area (TPSA) is 72.8 Å². The molecule has 6 heteroatoms. The van der Waals surface area contributed by atoms with Crippen molar-refractivity contribution in [2.45, 2.75) is 26.4 Å². The molecule has 1 atom stereocenters. The van der Waals surface area contributed by atoms with Gasteiger partial charge in [-0.05, 0) is 38.1 Å². The number of amides is 1. The Balaban J connectivity index is 1.76. The van der Waals surface area contributed by atoms with Gasteiger partial charge in [0.15, 0.2) is 0 Å². The Morgan fingerprint density at radius 1 is 1.46 bits per heavy atom. The maximum Gasteiger partial charge on any atom is 0.271 e. The van der Waals surface area contributed by atoms with E-state index in [0.29, 0.717) is 12.2 Å². The standard InChI is InChI=1S/C18H19N3O3/c1-3-23-16-9-14-8-12(2)24-17(14)10-15(16)11-20-21-18(22)13-4-6-19-7-5-13/h4-7,9-12H,3,8H2,1-2H3,(H,21,22)/b20-11-/t12-/m0/s1. The third-order valence-electron chi connectivity index (χ3n) is 3.64. The molecule has 0 bridgehead atoms. The maximum atomic E-state index is 12.0. The van der Waals surface area contributed by atoms with E-state index in [0.717, 1.165) is 29.0 Å². The van der Waals surface area contributed by atoms with Crippen molar-refractivity contribution < 1.29 is 14.3 Å². The molecule has 3 rings (SSSR count). The predicted molar refractivity (Wildman–Crippen MR) is 90.7 cm³/mol. The Labute approximate surface area is 140 Å². The van der Waals surface area contributed by atoms with Crippen molar-refractivity contribution in [2.24, 2.45) is 5.10 Å². The van der Waals surface area contributed by atoms with Gasteiger partial charge in [-0.1, -0.05) is 0 Å². The normalized spacial score (nSPS) is 15.8. The third kappa shape index (κ3) is 3.53. The Morgan fingerprint density at radius 3 is 3.00 bits per heavy atom. The maximum absolute atomic E-state index is 12.0. The first-order chi connectivity index (χ1) is 11.7. The van der Waals surface area contributed by atoms with E-state index in [-0.39, 0.29) is 12.0 Å². The molecule has 1 aliphatic rings. The first kappa shape index (κ1) is 16.0. The van der Waals surface area contributed by atoms with Gasteiger partial charge in [-0.25, -0.2) is 5.43 Å². The number of aromatic nitrogens is 1. The van der Waals surface area contributed by atoms with Crippen LogP contribution in [0.2, 0.25) is 0 Å². The number of ether oxygens (including phenoxy) is 2. The zero-order chi connectivity index (χ0) is 16.9. The lowest BCUT2D eigenvalue weighted by Gasteiger charge is -2.09. The van der Waals surface area contributed by atoms with Crippen LogP contribution in [0.5, 0.6) is 11.5 Å². The number of nitrogens with zero attached hydrogens (tertiary/aromatic N) is 2. The summed E-state index contributed by atoms with van der Waals surface area (Å²) < 4.78 is 11.4. The van der Waals surface area contributed by atoms with Gasteiger partial charge in [0.05, 0.1) is 12.8 Å². The highest BCUT2D eigenvalue weighted by atomic mass is 16.5. The van der Waals surface area contributed by atoms with E-state index in [2.05, 4.69) is 15.5 Å². The summed E-state index contributed by atoms with van der Waals surface area (Å²) in [5.41, 5.74) is 4.89. The second-order valence-electron chi connectivity index (χ2n) is 5.50. The van der Waals surface area contributed by atoms with Gasteiger partial charge in [-0.2, -0.15) is 5.10 Å². The van der Waals surface area contributed by atoms with Crippen LogP contribution in [0, 0.1) is 0 Å². The first-order valence-corrected chi connectivity index (χ1v) is 7.87. The molecule has 0 radical (unpaired) electrons. The van der Waals surface area contributed by atoms with Gasteiger partial charge < -0.3 is 9.47 Å². The van der Waals surface area contributed by atoms with Crippen molar-refractivity contribution in [1.82, 2.24) is 10.4 Å². The van der Waals surface area contributed by atoms with E-state index >= 15 is 0 Å². The van der Waals surface area contributed by atoms with Crippen LogP contribution in [0.4, 0.5) is 0 Å². The number of nitrogens with one attached hydrogen (secondary N) is 1. The van der Waals surface area contributed by atoms with Gasteiger partial charge in [0.2, 0.25) is 0 Å². The zero-order valence-corrected chi connectivity index (χ0v) is 13.7. The molecule has 0 aliphatic carbocycles. The lowest BCUT2D eigenvalue weighted by atomic mass is 10.1. The lowest BCUT2D eigenvalue weighted by Crippen LogP contribution is -2.17. The molecule has 1 N–H and O–H groups in total. The summed E-state index contributed by atoms with van der Waals surface area (Å²) >= 11 is 0. The second kappa shape index (κ2) is 7.12. The van der Waals surface area contributed by atoms with Gasteiger partial charge >= 0.3 is 0 Å². The molecule has 24 heavy (non-hydrogen) atoms. The average molecular weight is 325 g/mol. The smallest absolute Gasteiger partial charge is 0.271 e. The third-order valence-corrected chi connectivity index (χ3v) is 3.64. The summed E-state index contributed by atoms with van der Waals surface area (Å²) in [6, 6.07) is 7.13. The Morgan fingerprint density at radius 2 is 2.25 bits per heavy atom. The summed E-state index contributed by atoms with van der Waals surface area (Å²) in [6.45, 7) is 4.51. The number of pyridine rings is 1. The van der Waals surface area contributed by atoms with Crippen molar-refractivity contribution in [1.29, 1.82) is 0 Å². The first-order valence-electron chi connectivity index (χ1n) is 7.87. The molecule has 124 valence electrons. The van der Waals surface area contributed by atoms with Crippen LogP contribution in [0.3, 0.4) is 0 Å². The minimum Gasteiger partial charge on any atom is -0.493 e. The number of hydrazone groups is 1. The minimum absolute atomic E-state index is 0.160. The van der Waals surface area contributed by atoms with Crippen LogP contribution in [-0.4, -0.2) is 29.8 Å². The molecular formula is C18H19N3O3. The summed E-state index contributed by atoms with van der Waals surface area (Å²) in [5, 5.41) is 4.02. The minimum atomic E-state index is -0.294. The summed E-state index contributed by atoms with van der Waals surface area (Å²) in [5.74, 6) is 1.28. The van der Waals surface area contributed by atoms with Gasteiger partial charge in [0, 0.05) is 35.5 Å². The lowest BCUT2D eigenvalue weighted by molar-refractivity contribution is 0.0955.